The Labute approximate surface area is 137 Å². The maximum Gasteiger partial charge on any atom is 0.281 e. The first kappa shape index (κ1) is 17.8. The molecule has 0 radical (unpaired) electrons. The molecule has 0 aromatic carbocycles. The van der Waals surface area contributed by atoms with Crippen LogP contribution in [0.3, 0.4) is 0 Å². The minimum absolute atomic E-state index is 0.112. The summed E-state index contributed by atoms with van der Waals surface area (Å²) in [4.78, 5) is 16.2. The van der Waals surface area contributed by atoms with Crippen molar-refractivity contribution in [2.24, 2.45) is 5.92 Å². The van der Waals surface area contributed by atoms with Gasteiger partial charge in [-0.15, -0.1) is 0 Å². The van der Waals surface area contributed by atoms with E-state index in [-0.39, 0.29) is 5.91 Å². The van der Waals surface area contributed by atoms with Crippen LogP contribution in [0.25, 0.3) is 0 Å². The molecule has 1 N–H and O–H groups in total. The van der Waals surface area contributed by atoms with E-state index in [1.54, 1.807) is 32.4 Å². The minimum Gasteiger partial charge on any atom is -0.352 e. The molecule has 0 aliphatic carbocycles. The van der Waals surface area contributed by atoms with Gasteiger partial charge in [0.2, 0.25) is 0 Å². The van der Waals surface area contributed by atoms with Gasteiger partial charge in [-0.05, 0) is 37.8 Å². The molecule has 0 bridgehead atoms. The molecule has 1 aromatic rings. The summed E-state index contributed by atoms with van der Waals surface area (Å²) in [6.07, 6.45) is 3.13. The molecule has 0 saturated carbocycles. The maximum absolute atomic E-state index is 12.1. The molecule has 0 spiro atoms. The predicted molar refractivity (Wildman–Crippen MR) is 88.2 cm³/mol. The molecule has 1 aromatic heterocycles. The van der Waals surface area contributed by atoms with Gasteiger partial charge in [0, 0.05) is 51.2 Å². The molecule has 0 unspecified atom stereocenters. The Balaban J connectivity index is 1.82. The van der Waals surface area contributed by atoms with Crippen LogP contribution in [-0.4, -0.2) is 61.6 Å². The molecule has 1 fully saturated rings. The zero-order valence-electron chi connectivity index (χ0n) is 13.8. The lowest BCUT2D eigenvalue weighted by Crippen LogP contribution is -2.45. The van der Waals surface area contributed by atoms with Crippen LogP contribution in [0, 0.1) is 12.8 Å². The van der Waals surface area contributed by atoms with Crippen molar-refractivity contribution < 1.29 is 13.2 Å². The first-order valence-electron chi connectivity index (χ1n) is 7.69. The fourth-order valence-corrected chi connectivity index (χ4v) is 3.74. The second-order valence-corrected chi connectivity index (χ2v) is 8.17. The van der Waals surface area contributed by atoms with Crippen molar-refractivity contribution in [2.45, 2.75) is 19.8 Å². The van der Waals surface area contributed by atoms with Crippen molar-refractivity contribution in [2.75, 3.05) is 33.7 Å². The van der Waals surface area contributed by atoms with Gasteiger partial charge in [-0.3, -0.25) is 9.78 Å². The van der Waals surface area contributed by atoms with Crippen LogP contribution in [-0.2, 0) is 10.2 Å². The number of nitrogens with zero attached hydrogens (tertiary/aromatic N) is 3. The molecule has 1 saturated heterocycles. The van der Waals surface area contributed by atoms with Gasteiger partial charge in [0.1, 0.15) is 0 Å². The average Bonchev–Trinajstić information content (AvgIpc) is 2.52. The van der Waals surface area contributed by atoms with E-state index in [1.807, 2.05) is 6.92 Å². The number of hydrogen-bond donors (Lipinski definition) is 1. The number of piperidine rings is 1. The van der Waals surface area contributed by atoms with Crippen molar-refractivity contribution in [3.05, 3.63) is 29.6 Å². The van der Waals surface area contributed by atoms with Crippen LogP contribution in [0.15, 0.2) is 18.3 Å². The first-order valence-corrected chi connectivity index (χ1v) is 9.09. The van der Waals surface area contributed by atoms with Crippen LogP contribution in [0.4, 0.5) is 0 Å². The Morgan fingerprint density at radius 1 is 1.39 bits per heavy atom. The summed E-state index contributed by atoms with van der Waals surface area (Å²) >= 11 is 0. The van der Waals surface area contributed by atoms with Gasteiger partial charge in [-0.1, -0.05) is 0 Å². The number of pyridine rings is 1. The average molecular weight is 340 g/mol. The Hall–Kier alpha value is -1.51. The highest BCUT2D eigenvalue weighted by atomic mass is 32.2. The van der Waals surface area contributed by atoms with E-state index in [9.17, 15) is 13.2 Å². The van der Waals surface area contributed by atoms with Crippen LogP contribution >= 0.6 is 0 Å². The molecular formula is C15H24N4O3S. The van der Waals surface area contributed by atoms with Gasteiger partial charge in [0.15, 0.2) is 0 Å². The number of carbonyl (C=O) groups is 1. The van der Waals surface area contributed by atoms with Gasteiger partial charge >= 0.3 is 0 Å². The number of aromatic nitrogens is 1. The third-order valence-electron chi connectivity index (χ3n) is 4.07. The smallest absolute Gasteiger partial charge is 0.281 e. The van der Waals surface area contributed by atoms with E-state index in [0.717, 1.165) is 18.5 Å². The van der Waals surface area contributed by atoms with E-state index in [0.29, 0.717) is 31.1 Å². The van der Waals surface area contributed by atoms with Crippen LogP contribution in [0.2, 0.25) is 0 Å². The molecule has 2 rings (SSSR count). The van der Waals surface area contributed by atoms with E-state index in [4.69, 9.17) is 0 Å². The fourth-order valence-electron chi connectivity index (χ4n) is 2.60. The minimum atomic E-state index is -3.33. The Morgan fingerprint density at radius 3 is 2.61 bits per heavy atom. The van der Waals surface area contributed by atoms with Crippen molar-refractivity contribution in [3.63, 3.8) is 0 Å². The maximum atomic E-state index is 12.1. The Bertz CT molecular complexity index is 652. The third-order valence-corrected chi connectivity index (χ3v) is 6.01. The summed E-state index contributed by atoms with van der Waals surface area (Å²) in [5.74, 6) is 0.189. The van der Waals surface area contributed by atoms with Gasteiger partial charge in [0.25, 0.3) is 16.1 Å². The topological polar surface area (TPSA) is 82.6 Å². The molecular weight excluding hydrogens is 316 g/mol. The zero-order valence-corrected chi connectivity index (χ0v) is 14.6. The van der Waals surface area contributed by atoms with E-state index in [1.165, 1.54) is 8.61 Å². The molecule has 23 heavy (non-hydrogen) atoms. The SMILES string of the molecule is Cc1cc(C(=O)NCC2CCN(S(=O)(=O)N(C)C)CC2)ccn1. The van der Waals surface area contributed by atoms with E-state index >= 15 is 0 Å². The molecule has 7 nitrogen and oxygen atoms in total. The summed E-state index contributed by atoms with van der Waals surface area (Å²) in [6, 6.07) is 3.44. The summed E-state index contributed by atoms with van der Waals surface area (Å²) in [5, 5.41) is 2.93. The first-order chi connectivity index (χ1) is 10.8. The van der Waals surface area contributed by atoms with Crippen LogP contribution in [0.1, 0.15) is 28.9 Å². The second kappa shape index (κ2) is 7.37. The number of nitrogens with one attached hydrogen (secondary N) is 1. The van der Waals surface area contributed by atoms with Crippen LogP contribution in [0.5, 0.6) is 0 Å². The summed E-state index contributed by atoms with van der Waals surface area (Å²) in [6.45, 7) is 3.40. The zero-order chi connectivity index (χ0) is 17.0. The lowest BCUT2D eigenvalue weighted by molar-refractivity contribution is 0.0941. The van der Waals surface area contributed by atoms with Gasteiger partial charge in [0.05, 0.1) is 0 Å². The highest BCUT2D eigenvalue weighted by molar-refractivity contribution is 7.86. The van der Waals surface area contributed by atoms with Gasteiger partial charge in [-0.25, -0.2) is 0 Å². The molecule has 0 atom stereocenters. The molecule has 2 heterocycles. The lowest BCUT2D eigenvalue weighted by atomic mass is 9.98. The highest BCUT2D eigenvalue weighted by Gasteiger charge is 2.29. The molecule has 128 valence electrons. The summed E-state index contributed by atoms with van der Waals surface area (Å²) < 4.78 is 26.8. The number of carbonyl (C=O) groups excluding carboxylic acids is 1. The van der Waals surface area contributed by atoms with Gasteiger partial charge < -0.3 is 5.32 Å². The predicted octanol–water partition coefficient (Wildman–Crippen LogP) is 0.638. The molecule has 8 heteroatoms. The van der Waals surface area contributed by atoms with Crippen molar-refractivity contribution in [1.29, 1.82) is 0 Å². The van der Waals surface area contributed by atoms with Crippen LogP contribution < -0.4 is 5.32 Å². The summed E-state index contributed by atoms with van der Waals surface area (Å²) in [5.41, 5.74) is 1.41. The van der Waals surface area contributed by atoms with Gasteiger partial charge in [-0.2, -0.15) is 17.0 Å². The van der Waals surface area contributed by atoms with E-state index < -0.39 is 10.2 Å². The molecule has 1 amide bonds. The number of aryl methyl sites for hydroxylation is 1. The van der Waals surface area contributed by atoms with E-state index in [2.05, 4.69) is 10.3 Å². The lowest BCUT2D eigenvalue weighted by Gasteiger charge is -2.32. The number of amides is 1. The molecule has 1 aliphatic rings. The fraction of sp³-hybridized carbons (Fsp3) is 0.600. The van der Waals surface area contributed by atoms with Crippen molar-refractivity contribution in [1.82, 2.24) is 18.9 Å². The number of hydrogen-bond acceptors (Lipinski definition) is 4. The standard InChI is InChI=1S/C15H24N4O3S/c1-12-10-14(4-7-16-12)15(20)17-11-13-5-8-19(9-6-13)23(21,22)18(2)3/h4,7,10,13H,5-6,8-9,11H2,1-3H3,(H,17,20). The van der Waals surface area contributed by atoms with Crippen molar-refractivity contribution in [3.8, 4) is 0 Å². The Kier molecular flexibility index (Phi) is 5.72. The third kappa shape index (κ3) is 4.49. The highest BCUT2D eigenvalue weighted by Crippen LogP contribution is 2.20. The quantitative estimate of drug-likeness (QED) is 0.853. The Morgan fingerprint density at radius 2 is 2.04 bits per heavy atom. The monoisotopic (exact) mass is 340 g/mol. The molecule has 1 aliphatic heterocycles. The largest absolute Gasteiger partial charge is 0.352 e. The van der Waals surface area contributed by atoms with Crippen molar-refractivity contribution >= 4 is 16.1 Å². The normalized spacial score (nSPS) is 17.4. The summed E-state index contributed by atoms with van der Waals surface area (Å²) in [7, 11) is -0.250. The number of rotatable bonds is 5. The second-order valence-electron chi connectivity index (χ2n) is 6.03.